The van der Waals surface area contributed by atoms with E-state index in [0.29, 0.717) is 17.1 Å². The number of halogens is 1. The maximum atomic E-state index is 13.7. The number of aliphatic carboxylic acids is 1. The zero-order valence-corrected chi connectivity index (χ0v) is 21.7. The average Bonchev–Trinajstić information content (AvgIpc) is 2.87. The van der Waals surface area contributed by atoms with E-state index < -0.39 is 41.0 Å². The third-order valence-electron chi connectivity index (χ3n) is 6.28. The Hall–Kier alpha value is -3.44. The van der Waals surface area contributed by atoms with Gasteiger partial charge in [0.25, 0.3) is 5.91 Å². The van der Waals surface area contributed by atoms with Gasteiger partial charge in [0.2, 0.25) is 5.78 Å². The van der Waals surface area contributed by atoms with Crippen molar-refractivity contribution in [3.63, 3.8) is 0 Å². The lowest BCUT2D eigenvalue weighted by molar-refractivity contribution is -0.174. The summed E-state index contributed by atoms with van der Waals surface area (Å²) >= 11 is 3.33. The second-order valence-corrected chi connectivity index (χ2v) is 9.10. The Morgan fingerprint density at radius 1 is 1.14 bits per heavy atom. The molecule has 3 rings (SSSR count). The van der Waals surface area contributed by atoms with Crippen molar-refractivity contribution < 1.29 is 33.8 Å². The molecule has 1 aliphatic rings. The number of esters is 1. The summed E-state index contributed by atoms with van der Waals surface area (Å²) in [5, 5.41) is 10.4. The Morgan fingerprint density at radius 2 is 1.78 bits per heavy atom. The van der Waals surface area contributed by atoms with Gasteiger partial charge in [-0.1, -0.05) is 22.9 Å². The number of ketones is 1. The van der Waals surface area contributed by atoms with Gasteiger partial charge in [-0.3, -0.25) is 19.2 Å². The molecule has 1 fully saturated rings. The molecule has 192 valence electrons. The molecule has 2 aromatic carbocycles. The number of carboxylic acid groups (broad SMARTS) is 1. The molecular formula is C25H28BrN3O7. The van der Waals surface area contributed by atoms with Gasteiger partial charge in [-0.05, 0) is 61.9 Å². The van der Waals surface area contributed by atoms with Crippen LogP contribution in [0.15, 0.2) is 53.0 Å². The highest BCUT2D eigenvalue weighted by atomic mass is 79.9. The molecule has 10 nitrogen and oxygen atoms in total. The summed E-state index contributed by atoms with van der Waals surface area (Å²) < 4.78 is 11.1. The molecule has 1 amide bonds. The lowest BCUT2D eigenvalue weighted by Gasteiger charge is -2.45. The van der Waals surface area contributed by atoms with E-state index in [9.17, 15) is 24.3 Å². The first kappa shape index (κ1) is 27.2. The summed E-state index contributed by atoms with van der Waals surface area (Å²) in [4.78, 5) is 54.2. The molecular weight excluding hydrogens is 534 g/mol. The van der Waals surface area contributed by atoms with Crippen LogP contribution in [-0.2, 0) is 23.9 Å². The van der Waals surface area contributed by atoms with Crippen molar-refractivity contribution in [3.05, 3.63) is 53.0 Å². The third-order valence-corrected chi connectivity index (χ3v) is 6.80. The molecule has 0 aromatic heterocycles. The predicted molar refractivity (Wildman–Crippen MR) is 136 cm³/mol. The minimum Gasteiger partial charge on any atom is -0.497 e. The highest BCUT2D eigenvalue weighted by molar-refractivity contribution is 9.10. The summed E-state index contributed by atoms with van der Waals surface area (Å²) in [7, 11) is 1.52. The van der Waals surface area contributed by atoms with Crippen molar-refractivity contribution in [2.24, 2.45) is 11.3 Å². The fourth-order valence-corrected chi connectivity index (χ4v) is 4.67. The van der Waals surface area contributed by atoms with Gasteiger partial charge in [0, 0.05) is 28.3 Å². The highest BCUT2D eigenvalue weighted by Crippen LogP contribution is 2.42. The van der Waals surface area contributed by atoms with Gasteiger partial charge in [0.1, 0.15) is 11.8 Å². The number of carbonyl (C=O) groups is 4. The summed E-state index contributed by atoms with van der Waals surface area (Å²) in [6, 6.07) is 11.7. The van der Waals surface area contributed by atoms with Crippen molar-refractivity contribution in [3.8, 4) is 5.75 Å². The first-order valence-electron chi connectivity index (χ1n) is 11.4. The molecule has 3 atom stereocenters. The normalized spacial score (nSPS) is 20.6. The Bertz CT molecular complexity index is 1120. The van der Waals surface area contributed by atoms with Gasteiger partial charge in [-0.25, -0.2) is 5.43 Å². The molecule has 0 spiro atoms. The Labute approximate surface area is 217 Å². The van der Waals surface area contributed by atoms with Gasteiger partial charge >= 0.3 is 11.9 Å². The number of hydrogen-bond acceptors (Lipinski definition) is 8. The van der Waals surface area contributed by atoms with Crippen molar-refractivity contribution >= 4 is 50.9 Å². The molecule has 1 saturated heterocycles. The number of hydrazine groups is 1. The number of carbonyl (C=O) groups excluding carboxylic acids is 3. The quantitative estimate of drug-likeness (QED) is 0.173. The van der Waals surface area contributed by atoms with Crippen LogP contribution < -0.4 is 20.5 Å². The van der Waals surface area contributed by atoms with Crippen LogP contribution >= 0.6 is 15.9 Å². The fourth-order valence-electron chi connectivity index (χ4n) is 4.40. The first-order valence-corrected chi connectivity index (χ1v) is 12.2. The number of anilines is 2. The van der Waals surface area contributed by atoms with Crippen molar-refractivity contribution in [1.82, 2.24) is 5.43 Å². The molecule has 11 heteroatoms. The van der Waals surface area contributed by atoms with Crippen LogP contribution in [-0.4, -0.2) is 55.0 Å². The molecule has 36 heavy (non-hydrogen) atoms. The molecule has 0 bridgehead atoms. The third kappa shape index (κ3) is 5.07. The highest BCUT2D eigenvalue weighted by Gasteiger charge is 2.65. The second kappa shape index (κ2) is 11.5. The second-order valence-electron chi connectivity index (χ2n) is 8.18. The minimum atomic E-state index is -2.40. The zero-order chi connectivity index (χ0) is 26.5. The average molecular weight is 562 g/mol. The van der Waals surface area contributed by atoms with Crippen molar-refractivity contribution in [2.45, 2.75) is 26.3 Å². The predicted octanol–water partition coefficient (Wildman–Crippen LogP) is 3.02. The van der Waals surface area contributed by atoms with Crippen LogP contribution in [0.4, 0.5) is 11.4 Å². The van der Waals surface area contributed by atoms with Gasteiger partial charge in [0.15, 0.2) is 5.41 Å². The molecule has 1 heterocycles. The molecule has 3 N–H and O–H groups in total. The summed E-state index contributed by atoms with van der Waals surface area (Å²) in [5.74, 6) is -5.05. The maximum Gasteiger partial charge on any atom is 0.326 e. The monoisotopic (exact) mass is 561 g/mol. The maximum absolute atomic E-state index is 13.7. The van der Waals surface area contributed by atoms with E-state index in [1.165, 1.54) is 12.0 Å². The number of rotatable bonds is 10. The van der Waals surface area contributed by atoms with Gasteiger partial charge in [0.05, 0.1) is 13.7 Å². The minimum absolute atomic E-state index is 0.0425. The number of amides is 1. The first-order chi connectivity index (χ1) is 17.2. The Kier molecular flexibility index (Phi) is 8.70. The van der Waals surface area contributed by atoms with Crippen LogP contribution in [0.5, 0.6) is 5.75 Å². The summed E-state index contributed by atoms with van der Waals surface area (Å²) in [5.41, 5.74) is 4.00. The van der Waals surface area contributed by atoms with Crippen LogP contribution in [0.3, 0.4) is 0 Å². The van der Waals surface area contributed by atoms with E-state index >= 15 is 0 Å². The standard InChI is InChI=1S/C25H28BrN3O7/c1-4-15-14-29(18-10-6-16(26)7-11-18)22(31)21(30)25(15,24(33)34)20(23(32)36-5-2)28-27-17-8-12-19(35-3)13-9-17/h6-13,15,20,27-28H,4-5,14H2,1-3H3,(H,33,34). The number of nitrogens with one attached hydrogen (secondary N) is 2. The Balaban J connectivity index is 2.03. The largest absolute Gasteiger partial charge is 0.497 e. The Morgan fingerprint density at radius 3 is 2.31 bits per heavy atom. The topological polar surface area (TPSA) is 134 Å². The number of nitrogens with zero attached hydrogens (tertiary/aromatic N) is 1. The van der Waals surface area contributed by atoms with Crippen molar-refractivity contribution in [1.29, 1.82) is 0 Å². The number of ether oxygens (including phenoxy) is 2. The number of methoxy groups -OCH3 is 1. The smallest absolute Gasteiger partial charge is 0.326 e. The summed E-state index contributed by atoms with van der Waals surface area (Å²) in [6.07, 6.45) is 0.207. The van der Waals surface area contributed by atoms with E-state index in [-0.39, 0.29) is 19.6 Å². The SMILES string of the molecule is CCOC(=O)C(NNc1ccc(OC)cc1)C1(C(=O)O)C(=O)C(=O)N(c2ccc(Br)cc2)CC1CC. The van der Waals surface area contributed by atoms with Gasteiger partial charge in [-0.15, -0.1) is 0 Å². The number of benzene rings is 2. The molecule has 3 unspecified atom stereocenters. The van der Waals surface area contributed by atoms with Crippen LogP contribution in [0, 0.1) is 11.3 Å². The lowest BCUT2D eigenvalue weighted by Crippen LogP contribution is -2.70. The number of piperidine rings is 1. The zero-order valence-electron chi connectivity index (χ0n) is 20.1. The molecule has 0 saturated carbocycles. The lowest BCUT2D eigenvalue weighted by atomic mass is 9.63. The molecule has 2 aromatic rings. The van der Waals surface area contributed by atoms with Crippen LogP contribution in [0.1, 0.15) is 20.3 Å². The van der Waals surface area contributed by atoms with Crippen LogP contribution in [0.25, 0.3) is 0 Å². The van der Waals surface area contributed by atoms with E-state index in [1.807, 2.05) is 0 Å². The molecule has 0 aliphatic carbocycles. The van der Waals surface area contributed by atoms with Crippen molar-refractivity contribution in [2.75, 3.05) is 30.6 Å². The van der Waals surface area contributed by atoms with E-state index in [1.54, 1.807) is 62.4 Å². The van der Waals surface area contributed by atoms with Crippen LogP contribution in [0.2, 0.25) is 0 Å². The number of Topliss-reactive ketones (excluding diaryl/α,β-unsaturated/α-hetero) is 1. The summed E-state index contributed by atoms with van der Waals surface area (Å²) in [6.45, 7) is 3.17. The fraction of sp³-hybridized carbons (Fsp3) is 0.360. The van der Waals surface area contributed by atoms with Gasteiger partial charge < -0.3 is 24.9 Å². The van der Waals surface area contributed by atoms with E-state index in [0.717, 1.165) is 4.47 Å². The van der Waals surface area contributed by atoms with E-state index in [2.05, 4.69) is 26.8 Å². The molecule has 1 aliphatic heterocycles. The van der Waals surface area contributed by atoms with Gasteiger partial charge in [-0.2, -0.15) is 0 Å². The number of hydrogen-bond donors (Lipinski definition) is 3. The molecule has 0 radical (unpaired) electrons. The van der Waals surface area contributed by atoms with E-state index in [4.69, 9.17) is 9.47 Å². The number of carboxylic acids is 1.